The van der Waals surface area contributed by atoms with Crippen LogP contribution >= 0.6 is 0 Å². The highest BCUT2D eigenvalue weighted by atomic mass is 16.4. The van der Waals surface area contributed by atoms with Crippen LogP contribution in [-0.2, 0) is 24.0 Å². The van der Waals surface area contributed by atoms with Crippen molar-refractivity contribution in [3.05, 3.63) is 0 Å². The molecule has 7 N–H and O–H groups in total. The quantitative estimate of drug-likeness (QED) is 0.224. The average molecular weight is 431 g/mol. The molecule has 0 aliphatic rings. The zero-order chi connectivity index (χ0) is 23.6. The predicted octanol–water partition coefficient (Wildman–Crippen LogP) is -0.560. The standard InChI is InChI=1S/C19H34N4O7/c1-9(2)8-13(19(29)30)22-16(26)11(5)21-18(28)15(10(3)4)23-17(27)12(20)6-7-14(24)25/h9-13,15H,6-8,20H2,1-5H3,(H,21,28)(H,22,26)(H,23,27)(H,24,25)(H,29,30). The Balaban J connectivity index is 4.96. The first kappa shape index (κ1) is 27.3. The molecule has 0 fully saturated rings. The van der Waals surface area contributed by atoms with Gasteiger partial charge in [0.2, 0.25) is 17.7 Å². The van der Waals surface area contributed by atoms with Gasteiger partial charge in [0, 0.05) is 6.42 Å². The maximum absolute atomic E-state index is 12.6. The fraction of sp³-hybridized carbons (Fsp3) is 0.737. The van der Waals surface area contributed by atoms with Crippen LogP contribution in [0.1, 0.15) is 53.9 Å². The number of rotatable bonds is 13. The number of carboxylic acid groups (broad SMARTS) is 2. The maximum atomic E-state index is 12.6. The monoisotopic (exact) mass is 430 g/mol. The maximum Gasteiger partial charge on any atom is 0.326 e. The molecule has 0 radical (unpaired) electrons. The molecular formula is C19H34N4O7. The molecule has 0 aliphatic heterocycles. The van der Waals surface area contributed by atoms with Gasteiger partial charge in [-0.1, -0.05) is 27.7 Å². The number of hydrogen-bond donors (Lipinski definition) is 6. The van der Waals surface area contributed by atoms with Gasteiger partial charge in [-0.15, -0.1) is 0 Å². The van der Waals surface area contributed by atoms with Crippen molar-refractivity contribution < 1.29 is 34.2 Å². The highest BCUT2D eigenvalue weighted by Crippen LogP contribution is 2.07. The summed E-state index contributed by atoms with van der Waals surface area (Å²) in [5.74, 6) is -4.53. The number of nitrogens with two attached hydrogens (primary N) is 1. The van der Waals surface area contributed by atoms with Gasteiger partial charge < -0.3 is 31.9 Å². The van der Waals surface area contributed by atoms with E-state index >= 15 is 0 Å². The second-order valence-electron chi connectivity index (χ2n) is 8.03. The van der Waals surface area contributed by atoms with Crippen molar-refractivity contribution in [2.75, 3.05) is 0 Å². The minimum absolute atomic E-state index is 0.0437. The molecule has 0 aromatic rings. The van der Waals surface area contributed by atoms with Gasteiger partial charge in [-0.25, -0.2) is 4.79 Å². The molecule has 0 bridgehead atoms. The molecule has 0 saturated carbocycles. The summed E-state index contributed by atoms with van der Waals surface area (Å²) in [4.78, 5) is 58.9. The Hall–Kier alpha value is -2.69. The van der Waals surface area contributed by atoms with E-state index in [4.69, 9.17) is 10.8 Å². The molecule has 0 saturated heterocycles. The minimum atomic E-state index is -1.17. The molecule has 3 amide bonds. The van der Waals surface area contributed by atoms with Crippen LogP contribution in [0.5, 0.6) is 0 Å². The van der Waals surface area contributed by atoms with Crippen molar-refractivity contribution in [2.24, 2.45) is 17.6 Å². The summed E-state index contributed by atoms with van der Waals surface area (Å²) in [5.41, 5.74) is 5.66. The zero-order valence-electron chi connectivity index (χ0n) is 18.1. The van der Waals surface area contributed by atoms with Crippen molar-refractivity contribution in [3.63, 3.8) is 0 Å². The minimum Gasteiger partial charge on any atom is -0.481 e. The Morgan fingerprint density at radius 1 is 0.833 bits per heavy atom. The van der Waals surface area contributed by atoms with Crippen LogP contribution in [0.4, 0.5) is 0 Å². The highest BCUT2D eigenvalue weighted by molar-refractivity contribution is 5.94. The van der Waals surface area contributed by atoms with E-state index in [-0.39, 0.29) is 31.1 Å². The zero-order valence-corrected chi connectivity index (χ0v) is 18.1. The van der Waals surface area contributed by atoms with Gasteiger partial charge >= 0.3 is 11.9 Å². The van der Waals surface area contributed by atoms with Crippen LogP contribution < -0.4 is 21.7 Å². The van der Waals surface area contributed by atoms with Gasteiger partial charge in [-0.2, -0.15) is 0 Å². The lowest BCUT2D eigenvalue weighted by Crippen LogP contribution is -2.57. The third-order valence-corrected chi connectivity index (χ3v) is 4.33. The van der Waals surface area contributed by atoms with E-state index in [2.05, 4.69) is 16.0 Å². The predicted molar refractivity (Wildman–Crippen MR) is 108 cm³/mol. The highest BCUT2D eigenvalue weighted by Gasteiger charge is 2.30. The summed E-state index contributed by atoms with van der Waals surface area (Å²) in [6, 6.07) is -4.21. The first-order chi connectivity index (χ1) is 13.8. The third-order valence-electron chi connectivity index (χ3n) is 4.33. The van der Waals surface area contributed by atoms with E-state index in [1.807, 2.05) is 13.8 Å². The fourth-order valence-corrected chi connectivity index (χ4v) is 2.56. The average Bonchev–Trinajstić information content (AvgIpc) is 2.61. The molecule has 0 heterocycles. The molecule has 30 heavy (non-hydrogen) atoms. The fourth-order valence-electron chi connectivity index (χ4n) is 2.56. The van der Waals surface area contributed by atoms with Gasteiger partial charge in [0.15, 0.2) is 0 Å². The van der Waals surface area contributed by atoms with Crippen LogP contribution in [0, 0.1) is 11.8 Å². The van der Waals surface area contributed by atoms with Crippen LogP contribution in [0.2, 0.25) is 0 Å². The topological polar surface area (TPSA) is 188 Å². The SMILES string of the molecule is CC(C)CC(NC(=O)C(C)NC(=O)C(NC(=O)C(N)CCC(=O)O)C(C)C)C(=O)O. The summed E-state index contributed by atoms with van der Waals surface area (Å²) in [6.07, 6.45) is -0.134. The summed E-state index contributed by atoms with van der Waals surface area (Å²) >= 11 is 0. The molecule has 11 heteroatoms. The largest absolute Gasteiger partial charge is 0.481 e. The molecular weight excluding hydrogens is 396 g/mol. The van der Waals surface area contributed by atoms with Crippen molar-refractivity contribution in [1.82, 2.24) is 16.0 Å². The molecule has 11 nitrogen and oxygen atoms in total. The van der Waals surface area contributed by atoms with Crippen LogP contribution in [-0.4, -0.2) is 64.0 Å². The molecule has 4 unspecified atom stereocenters. The second kappa shape index (κ2) is 12.8. The lowest BCUT2D eigenvalue weighted by Gasteiger charge is -2.25. The third kappa shape index (κ3) is 10.2. The van der Waals surface area contributed by atoms with Crippen LogP contribution in [0.25, 0.3) is 0 Å². The first-order valence-electron chi connectivity index (χ1n) is 9.87. The van der Waals surface area contributed by atoms with Gasteiger partial charge in [-0.3, -0.25) is 19.2 Å². The van der Waals surface area contributed by atoms with Crippen molar-refractivity contribution in [3.8, 4) is 0 Å². The number of aliphatic carboxylic acids is 2. The number of carboxylic acids is 2. The molecule has 0 aliphatic carbocycles. The molecule has 0 rings (SSSR count). The van der Waals surface area contributed by atoms with Crippen molar-refractivity contribution in [1.29, 1.82) is 0 Å². The number of carbonyl (C=O) groups excluding carboxylic acids is 3. The van der Waals surface area contributed by atoms with Gasteiger partial charge in [0.25, 0.3) is 0 Å². The smallest absolute Gasteiger partial charge is 0.326 e. The van der Waals surface area contributed by atoms with E-state index in [1.54, 1.807) is 13.8 Å². The van der Waals surface area contributed by atoms with E-state index in [0.717, 1.165) is 0 Å². The first-order valence-corrected chi connectivity index (χ1v) is 9.87. The molecule has 172 valence electrons. The summed E-state index contributed by atoms with van der Waals surface area (Å²) in [5, 5.41) is 25.2. The lowest BCUT2D eigenvalue weighted by atomic mass is 10.0. The Bertz CT molecular complexity index is 636. The number of carbonyl (C=O) groups is 5. The Morgan fingerprint density at radius 3 is 1.83 bits per heavy atom. The van der Waals surface area contributed by atoms with Crippen molar-refractivity contribution in [2.45, 2.75) is 78.0 Å². The molecule has 4 atom stereocenters. The van der Waals surface area contributed by atoms with Gasteiger partial charge in [0.05, 0.1) is 6.04 Å². The Labute approximate surface area is 176 Å². The molecule has 0 aromatic heterocycles. The lowest BCUT2D eigenvalue weighted by molar-refractivity contribution is -0.142. The Kier molecular flexibility index (Phi) is 11.6. The number of nitrogens with one attached hydrogen (secondary N) is 3. The van der Waals surface area contributed by atoms with Crippen LogP contribution in [0.3, 0.4) is 0 Å². The number of amides is 3. The summed E-state index contributed by atoms with van der Waals surface area (Å²) in [6.45, 7) is 8.41. The van der Waals surface area contributed by atoms with Gasteiger partial charge in [-0.05, 0) is 31.6 Å². The van der Waals surface area contributed by atoms with Crippen molar-refractivity contribution >= 4 is 29.7 Å². The number of hydrogen-bond acceptors (Lipinski definition) is 6. The second-order valence-corrected chi connectivity index (χ2v) is 8.03. The van der Waals surface area contributed by atoms with E-state index in [9.17, 15) is 29.1 Å². The van der Waals surface area contributed by atoms with E-state index in [1.165, 1.54) is 6.92 Å². The Morgan fingerprint density at radius 2 is 1.40 bits per heavy atom. The normalized spacial score (nSPS) is 15.1. The van der Waals surface area contributed by atoms with Gasteiger partial charge in [0.1, 0.15) is 18.1 Å². The van der Waals surface area contributed by atoms with Crippen LogP contribution in [0.15, 0.2) is 0 Å². The summed E-state index contributed by atoms with van der Waals surface area (Å²) in [7, 11) is 0. The molecule has 0 aromatic carbocycles. The van der Waals surface area contributed by atoms with E-state index < -0.39 is 53.8 Å². The molecule has 0 spiro atoms. The summed E-state index contributed by atoms with van der Waals surface area (Å²) < 4.78 is 0. The van der Waals surface area contributed by atoms with E-state index in [0.29, 0.717) is 0 Å².